The van der Waals surface area contributed by atoms with Gasteiger partial charge in [-0.25, -0.2) is 14.4 Å². The SMILES string of the molecule is CN(C)C(=O)NC1C(NC(=O)N(C)C)N(C)C(=O)N1C. The van der Waals surface area contributed by atoms with Crippen molar-refractivity contribution in [3.05, 3.63) is 0 Å². The summed E-state index contributed by atoms with van der Waals surface area (Å²) in [7, 11) is 9.54. The maximum atomic E-state index is 12.0. The van der Waals surface area contributed by atoms with Gasteiger partial charge < -0.3 is 30.2 Å². The van der Waals surface area contributed by atoms with E-state index in [0.29, 0.717) is 0 Å². The molecule has 2 N–H and O–H groups in total. The number of urea groups is 3. The summed E-state index contributed by atoms with van der Waals surface area (Å²) < 4.78 is 0. The molecule has 2 unspecified atom stereocenters. The third kappa shape index (κ3) is 3.03. The summed E-state index contributed by atoms with van der Waals surface area (Å²) in [6.45, 7) is 0. The molecule has 114 valence electrons. The zero-order chi connectivity index (χ0) is 15.6. The van der Waals surface area contributed by atoms with E-state index in [-0.39, 0.29) is 18.1 Å². The van der Waals surface area contributed by atoms with E-state index in [1.807, 2.05) is 0 Å². The Hall–Kier alpha value is -2.19. The largest absolute Gasteiger partial charge is 0.331 e. The molecule has 1 fully saturated rings. The lowest BCUT2D eigenvalue weighted by Crippen LogP contribution is -2.59. The molecule has 20 heavy (non-hydrogen) atoms. The summed E-state index contributed by atoms with van der Waals surface area (Å²) in [5, 5.41) is 5.40. The smallest absolute Gasteiger partial charge is 0.323 e. The van der Waals surface area contributed by atoms with Gasteiger partial charge in [-0.2, -0.15) is 0 Å². The molecule has 6 amide bonds. The number of carbonyl (C=O) groups excluding carboxylic acids is 3. The Balaban J connectivity index is 2.89. The van der Waals surface area contributed by atoms with Gasteiger partial charge in [0.2, 0.25) is 0 Å². The molecule has 0 aromatic carbocycles. The monoisotopic (exact) mass is 286 g/mol. The van der Waals surface area contributed by atoms with E-state index in [9.17, 15) is 14.4 Å². The normalized spacial score (nSPS) is 21.8. The van der Waals surface area contributed by atoms with Crippen LogP contribution in [0.4, 0.5) is 14.4 Å². The molecule has 1 aliphatic rings. The van der Waals surface area contributed by atoms with Gasteiger partial charge in [0.25, 0.3) is 0 Å². The topological polar surface area (TPSA) is 88.2 Å². The number of hydrogen-bond acceptors (Lipinski definition) is 3. The predicted molar refractivity (Wildman–Crippen MR) is 72.9 cm³/mol. The average Bonchev–Trinajstić information content (AvgIpc) is 2.56. The number of nitrogens with one attached hydrogen (secondary N) is 2. The molecule has 2 atom stereocenters. The standard InChI is InChI=1S/C11H22N6O3/c1-14(2)9(18)12-7-8(13-10(19)15(3)4)17(6)11(20)16(7)5/h7-8H,1-6H3,(H,12,18)(H,13,19). The fraction of sp³-hybridized carbons (Fsp3) is 0.727. The van der Waals surface area contributed by atoms with Gasteiger partial charge in [0.1, 0.15) is 12.3 Å². The first-order valence-corrected chi connectivity index (χ1v) is 6.12. The molecule has 0 bridgehead atoms. The highest BCUT2D eigenvalue weighted by Gasteiger charge is 2.43. The zero-order valence-corrected chi connectivity index (χ0v) is 12.7. The fourth-order valence-corrected chi connectivity index (χ4v) is 1.77. The van der Waals surface area contributed by atoms with Crippen molar-refractivity contribution in [1.29, 1.82) is 0 Å². The number of amides is 6. The van der Waals surface area contributed by atoms with Crippen LogP contribution in [-0.2, 0) is 0 Å². The van der Waals surface area contributed by atoms with Gasteiger partial charge >= 0.3 is 18.1 Å². The minimum absolute atomic E-state index is 0.280. The van der Waals surface area contributed by atoms with Crippen molar-refractivity contribution in [2.75, 3.05) is 42.3 Å². The van der Waals surface area contributed by atoms with Crippen LogP contribution >= 0.6 is 0 Å². The lowest BCUT2D eigenvalue weighted by Gasteiger charge is -2.28. The van der Waals surface area contributed by atoms with Gasteiger partial charge in [-0.05, 0) is 0 Å². The molecule has 0 radical (unpaired) electrons. The predicted octanol–water partition coefficient (Wildman–Crippen LogP) is -0.822. The Morgan fingerprint density at radius 2 is 1.20 bits per heavy atom. The lowest BCUT2D eigenvalue weighted by atomic mass is 10.3. The molecule has 0 aromatic rings. The van der Waals surface area contributed by atoms with E-state index in [1.54, 1.807) is 42.3 Å². The van der Waals surface area contributed by atoms with Gasteiger partial charge in [-0.1, -0.05) is 0 Å². The van der Waals surface area contributed by atoms with E-state index in [1.165, 1.54) is 19.6 Å². The van der Waals surface area contributed by atoms with Crippen LogP contribution in [0.5, 0.6) is 0 Å². The van der Waals surface area contributed by atoms with Crippen molar-refractivity contribution >= 4 is 18.1 Å². The molecule has 9 heteroatoms. The highest BCUT2D eigenvalue weighted by atomic mass is 16.2. The van der Waals surface area contributed by atoms with E-state index in [2.05, 4.69) is 10.6 Å². The van der Waals surface area contributed by atoms with Gasteiger partial charge in [0.05, 0.1) is 0 Å². The summed E-state index contributed by atoms with van der Waals surface area (Å²) in [4.78, 5) is 40.9. The van der Waals surface area contributed by atoms with Crippen LogP contribution in [0.2, 0.25) is 0 Å². The minimum Gasteiger partial charge on any atom is -0.331 e. The highest BCUT2D eigenvalue weighted by molar-refractivity contribution is 5.82. The molecular formula is C11H22N6O3. The second-order valence-electron chi connectivity index (χ2n) is 5.08. The molecule has 1 saturated heterocycles. The van der Waals surface area contributed by atoms with E-state index < -0.39 is 12.3 Å². The first kappa shape index (κ1) is 15.9. The van der Waals surface area contributed by atoms with Crippen LogP contribution < -0.4 is 10.6 Å². The molecule has 0 spiro atoms. The molecule has 1 aliphatic heterocycles. The second kappa shape index (κ2) is 5.85. The summed E-state index contributed by atoms with van der Waals surface area (Å²) in [6.07, 6.45) is -1.27. The van der Waals surface area contributed by atoms with E-state index in [0.717, 1.165) is 0 Å². The number of rotatable bonds is 2. The van der Waals surface area contributed by atoms with Crippen LogP contribution in [0.3, 0.4) is 0 Å². The molecular weight excluding hydrogens is 264 g/mol. The lowest BCUT2D eigenvalue weighted by molar-refractivity contribution is 0.173. The van der Waals surface area contributed by atoms with Crippen molar-refractivity contribution in [2.45, 2.75) is 12.3 Å². The van der Waals surface area contributed by atoms with Crippen molar-refractivity contribution in [1.82, 2.24) is 30.2 Å². The molecule has 0 aromatic heterocycles. The van der Waals surface area contributed by atoms with Gasteiger partial charge in [0, 0.05) is 42.3 Å². The van der Waals surface area contributed by atoms with Crippen LogP contribution in [0.15, 0.2) is 0 Å². The summed E-state index contributed by atoms with van der Waals surface area (Å²) >= 11 is 0. The third-order valence-corrected chi connectivity index (χ3v) is 3.09. The average molecular weight is 286 g/mol. The van der Waals surface area contributed by atoms with E-state index >= 15 is 0 Å². The van der Waals surface area contributed by atoms with Crippen molar-refractivity contribution in [3.63, 3.8) is 0 Å². The summed E-state index contributed by atoms with van der Waals surface area (Å²) in [6, 6.07) is -0.957. The summed E-state index contributed by atoms with van der Waals surface area (Å²) in [5.74, 6) is 0. The van der Waals surface area contributed by atoms with Crippen LogP contribution in [0, 0.1) is 0 Å². The Kier molecular flexibility index (Phi) is 4.64. The van der Waals surface area contributed by atoms with E-state index in [4.69, 9.17) is 0 Å². The molecule has 1 rings (SSSR count). The number of carbonyl (C=O) groups is 3. The molecule has 9 nitrogen and oxygen atoms in total. The number of likely N-dealkylation sites (N-methyl/N-ethyl adjacent to an activating group) is 2. The van der Waals surface area contributed by atoms with Crippen molar-refractivity contribution < 1.29 is 14.4 Å². The minimum atomic E-state index is -0.633. The Labute approximate surface area is 118 Å². The van der Waals surface area contributed by atoms with Crippen molar-refractivity contribution in [3.8, 4) is 0 Å². The molecule has 1 heterocycles. The van der Waals surface area contributed by atoms with Crippen LogP contribution in [-0.4, -0.2) is 92.3 Å². The second-order valence-corrected chi connectivity index (χ2v) is 5.08. The zero-order valence-electron chi connectivity index (χ0n) is 12.7. The van der Waals surface area contributed by atoms with Crippen LogP contribution in [0.25, 0.3) is 0 Å². The van der Waals surface area contributed by atoms with Gasteiger partial charge in [0.15, 0.2) is 0 Å². The maximum Gasteiger partial charge on any atom is 0.323 e. The van der Waals surface area contributed by atoms with Gasteiger partial charge in [-0.15, -0.1) is 0 Å². The highest BCUT2D eigenvalue weighted by Crippen LogP contribution is 2.16. The number of nitrogens with zero attached hydrogens (tertiary/aromatic N) is 4. The first-order chi connectivity index (χ1) is 9.16. The third-order valence-electron chi connectivity index (χ3n) is 3.09. The van der Waals surface area contributed by atoms with Gasteiger partial charge in [-0.3, -0.25) is 0 Å². The van der Waals surface area contributed by atoms with Crippen molar-refractivity contribution in [2.24, 2.45) is 0 Å². The fourth-order valence-electron chi connectivity index (χ4n) is 1.77. The maximum absolute atomic E-state index is 12.0. The Morgan fingerprint density at radius 1 is 0.900 bits per heavy atom. The molecule has 0 aliphatic carbocycles. The Bertz CT molecular complexity index is 375. The number of hydrogen-bond donors (Lipinski definition) is 2. The van der Waals surface area contributed by atoms with Crippen LogP contribution in [0.1, 0.15) is 0 Å². The quantitative estimate of drug-likeness (QED) is 0.695. The summed E-state index contributed by atoms with van der Waals surface area (Å²) in [5.41, 5.74) is 0. The molecule has 0 saturated carbocycles. The Morgan fingerprint density at radius 3 is 1.45 bits per heavy atom. The first-order valence-electron chi connectivity index (χ1n) is 6.12.